The highest BCUT2D eigenvalue weighted by atomic mass is 35.6. The Labute approximate surface area is 152 Å². The monoisotopic (exact) mass is 375 g/mol. The number of carbonyl (C=O) groups is 1. The number of hydrogen-bond donors (Lipinski definition) is 2. The summed E-state index contributed by atoms with van der Waals surface area (Å²) < 4.78 is -1.53. The highest BCUT2D eigenvalue weighted by Crippen LogP contribution is 2.28. The summed E-state index contributed by atoms with van der Waals surface area (Å²) in [6, 6.07) is 9.62. The van der Waals surface area contributed by atoms with Crippen LogP contribution in [0.15, 0.2) is 36.4 Å². The Morgan fingerprint density at radius 3 is 2.26 bits per heavy atom. The van der Waals surface area contributed by atoms with E-state index < -0.39 is 9.96 Å². The molecule has 126 valence electrons. The van der Waals surface area contributed by atoms with Crippen LogP contribution in [0.1, 0.15) is 31.2 Å². The smallest absolute Gasteiger partial charge is 0.262 e. The van der Waals surface area contributed by atoms with Gasteiger partial charge in [-0.2, -0.15) is 0 Å². The second kappa shape index (κ2) is 8.93. The van der Waals surface area contributed by atoms with E-state index in [1.807, 2.05) is 30.3 Å². The summed E-state index contributed by atoms with van der Waals surface area (Å²) in [4.78, 5) is 13.3. The van der Waals surface area contributed by atoms with Crippen molar-refractivity contribution in [3.05, 3.63) is 42.0 Å². The number of likely N-dealkylation sites (tertiary alicyclic amines) is 1. The maximum atomic E-state index is 12.2. The Hall–Kier alpha value is -0.740. The lowest BCUT2D eigenvalue weighted by molar-refractivity contribution is -0.926. The lowest BCUT2D eigenvalue weighted by Crippen LogP contribution is -3.19. The Morgan fingerprint density at radius 2 is 1.70 bits per heavy atom. The molecule has 0 radical (unpaired) electrons. The molecule has 23 heavy (non-hydrogen) atoms. The van der Waals surface area contributed by atoms with Crippen LogP contribution in [0, 0.1) is 0 Å². The molecule has 1 saturated heterocycles. The third kappa shape index (κ3) is 6.34. The maximum absolute atomic E-state index is 12.2. The molecule has 0 saturated carbocycles. The fourth-order valence-electron chi connectivity index (χ4n) is 2.81. The van der Waals surface area contributed by atoms with Gasteiger partial charge in [-0.25, -0.2) is 0 Å². The SMILES string of the molecule is O=C(/C=C/c1ccccc1)N[C@@H]([NH+]1CCCCCC1)C(Cl)(Cl)Cl. The number of nitrogens with one attached hydrogen (secondary N) is 2. The molecule has 0 unspecified atom stereocenters. The van der Waals surface area contributed by atoms with Gasteiger partial charge in [-0.05, 0) is 37.3 Å². The molecular formula is C17H22Cl3N2O+. The molecule has 0 aromatic heterocycles. The number of rotatable bonds is 4. The van der Waals surface area contributed by atoms with Crippen LogP contribution in [0.4, 0.5) is 0 Å². The van der Waals surface area contributed by atoms with E-state index >= 15 is 0 Å². The Morgan fingerprint density at radius 1 is 1.09 bits per heavy atom. The van der Waals surface area contributed by atoms with E-state index in [0.717, 1.165) is 36.4 Å². The summed E-state index contributed by atoms with van der Waals surface area (Å²) in [6.45, 7) is 1.81. The summed E-state index contributed by atoms with van der Waals surface area (Å²) in [5, 5.41) is 2.87. The van der Waals surface area contributed by atoms with Crippen molar-refractivity contribution < 1.29 is 9.69 Å². The van der Waals surface area contributed by atoms with E-state index in [2.05, 4.69) is 5.32 Å². The van der Waals surface area contributed by atoms with Gasteiger partial charge in [-0.3, -0.25) is 10.1 Å². The molecule has 0 bridgehead atoms. The molecule has 2 rings (SSSR count). The Bertz CT molecular complexity index is 520. The van der Waals surface area contributed by atoms with Crippen LogP contribution in [-0.4, -0.2) is 29.0 Å². The molecule has 1 amide bonds. The average Bonchev–Trinajstić information content (AvgIpc) is 2.79. The first-order valence-corrected chi connectivity index (χ1v) is 9.05. The van der Waals surface area contributed by atoms with Crippen LogP contribution in [0.2, 0.25) is 0 Å². The van der Waals surface area contributed by atoms with Crippen LogP contribution < -0.4 is 10.2 Å². The highest BCUT2D eigenvalue weighted by Gasteiger charge is 2.41. The summed E-state index contributed by atoms with van der Waals surface area (Å²) in [5.74, 6) is -0.248. The molecule has 1 atom stereocenters. The standard InChI is InChI=1S/C17H21Cl3N2O/c18-17(19,20)16(22-12-6-1-2-7-13-22)21-15(23)11-10-14-8-4-3-5-9-14/h3-5,8-11,16H,1-2,6-7,12-13H2,(H,21,23)/p+1/b11-10+/t16-/m0/s1. The third-order valence-electron chi connectivity index (χ3n) is 3.99. The molecule has 1 aliphatic heterocycles. The van der Waals surface area contributed by atoms with Gasteiger partial charge in [0.2, 0.25) is 12.1 Å². The maximum Gasteiger partial charge on any atom is 0.262 e. The minimum Gasteiger partial charge on any atom is -0.312 e. The molecule has 0 aliphatic carbocycles. The third-order valence-corrected chi connectivity index (χ3v) is 4.65. The number of carbonyl (C=O) groups excluding carboxylic acids is 1. The van der Waals surface area contributed by atoms with E-state index in [0.29, 0.717) is 0 Å². The van der Waals surface area contributed by atoms with Gasteiger partial charge < -0.3 is 4.90 Å². The van der Waals surface area contributed by atoms with Gasteiger partial charge in [-0.1, -0.05) is 65.1 Å². The van der Waals surface area contributed by atoms with Gasteiger partial charge in [0.05, 0.1) is 13.1 Å². The fourth-order valence-corrected chi connectivity index (χ4v) is 3.44. The normalized spacial score (nSPS) is 18.6. The van der Waals surface area contributed by atoms with Gasteiger partial charge in [0, 0.05) is 6.08 Å². The quantitative estimate of drug-likeness (QED) is 0.615. The first-order chi connectivity index (χ1) is 11.0. The van der Waals surface area contributed by atoms with Crippen molar-refractivity contribution >= 4 is 46.8 Å². The number of alkyl halides is 3. The van der Waals surface area contributed by atoms with Gasteiger partial charge in [0.1, 0.15) is 0 Å². The molecular weight excluding hydrogens is 355 g/mol. The van der Waals surface area contributed by atoms with Crippen LogP contribution in [0.3, 0.4) is 0 Å². The zero-order valence-corrected chi connectivity index (χ0v) is 15.2. The van der Waals surface area contributed by atoms with Gasteiger partial charge >= 0.3 is 0 Å². The van der Waals surface area contributed by atoms with E-state index in [4.69, 9.17) is 34.8 Å². The zero-order chi connectivity index (χ0) is 16.7. The summed E-state index contributed by atoms with van der Waals surface area (Å²) in [5.41, 5.74) is 0.954. The summed E-state index contributed by atoms with van der Waals surface area (Å²) in [6.07, 6.45) is 7.25. The first kappa shape index (κ1) is 18.6. The highest BCUT2D eigenvalue weighted by molar-refractivity contribution is 6.68. The number of hydrogen-bond acceptors (Lipinski definition) is 1. The van der Waals surface area contributed by atoms with E-state index in [1.165, 1.54) is 18.9 Å². The van der Waals surface area contributed by atoms with E-state index in [1.54, 1.807) is 6.08 Å². The van der Waals surface area contributed by atoms with Gasteiger partial charge in [0.15, 0.2) is 0 Å². The summed E-state index contributed by atoms with van der Waals surface area (Å²) >= 11 is 18.4. The molecule has 2 N–H and O–H groups in total. The molecule has 1 fully saturated rings. The van der Waals surface area contributed by atoms with Crippen molar-refractivity contribution in [2.75, 3.05) is 13.1 Å². The van der Waals surface area contributed by atoms with Crippen LogP contribution in [0.25, 0.3) is 6.08 Å². The van der Waals surface area contributed by atoms with Gasteiger partial charge in [-0.15, -0.1) is 0 Å². The predicted molar refractivity (Wildman–Crippen MR) is 96.9 cm³/mol. The molecule has 0 spiro atoms. The average molecular weight is 377 g/mol. The van der Waals surface area contributed by atoms with Gasteiger partial charge in [0.25, 0.3) is 3.79 Å². The summed E-state index contributed by atoms with van der Waals surface area (Å²) in [7, 11) is 0. The van der Waals surface area contributed by atoms with Crippen molar-refractivity contribution in [1.29, 1.82) is 0 Å². The topological polar surface area (TPSA) is 33.5 Å². The zero-order valence-electron chi connectivity index (χ0n) is 12.9. The van der Waals surface area contributed by atoms with Crippen molar-refractivity contribution in [2.45, 2.75) is 35.6 Å². The molecule has 6 heteroatoms. The molecule has 1 aliphatic rings. The fraction of sp³-hybridized carbons (Fsp3) is 0.471. The Balaban J connectivity index is 2.02. The number of benzene rings is 1. The number of halogens is 3. The second-order valence-electron chi connectivity index (χ2n) is 5.80. The van der Waals surface area contributed by atoms with Crippen LogP contribution >= 0.6 is 34.8 Å². The number of amides is 1. The van der Waals surface area contributed by atoms with Crippen LogP contribution in [-0.2, 0) is 4.79 Å². The lowest BCUT2D eigenvalue weighted by atomic mass is 10.2. The van der Waals surface area contributed by atoms with Crippen molar-refractivity contribution in [1.82, 2.24) is 5.32 Å². The van der Waals surface area contributed by atoms with E-state index in [-0.39, 0.29) is 5.91 Å². The molecule has 1 heterocycles. The number of quaternary nitrogens is 1. The lowest BCUT2D eigenvalue weighted by Gasteiger charge is -2.32. The molecule has 1 aromatic carbocycles. The molecule has 3 nitrogen and oxygen atoms in total. The minimum absolute atomic E-state index is 0.248. The Kier molecular flexibility index (Phi) is 7.22. The molecule has 1 aromatic rings. The van der Waals surface area contributed by atoms with Crippen LogP contribution in [0.5, 0.6) is 0 Å². The minimum atomic E-state index is -1.53. The largest absolute Gasteiger partial charge is 0.312 e. The van der Waals surface area contributed by atoms with E-state index in [9.17, 15) is 4.79 Å². The van der Waals surface area contributed by atoms with Crippen molar-refractivity contribution in [3.8, 4) is 0 Å². The predicted octanol–water partition coefficient (Wildman–Crippen LogP) is 2.97. The van der Waals surface area contributed by atoms with Crippen molar-refractivity contribution in [3.63, 3.8) is 0 Å². The second-order valence-corrected chi connectivity index (χ2v) is 8.17. The van der Waals surface area contributed by atoms with Crippen molar-refractivity contribution in [2.24, 2.45) is 0 Å². The first-order valence-electron chi connectivity index (χ1n) is 7.92.